The van der Waals surface area contributed by atoms with E-state index in [-0.39, 0.29) is 5.91 Å². The van der Waals surface area contributed by atoms with E-state index in [2.05, 4.69) is 39.9 Å². The second-order valence-corrected chi connectivity index (χ2v) is 8.56. The van der Waals surface area contributed by atoms with E-state index in [1.165, 1.54) is 10.5 Å². The average molecular weight is 401 g/mol. The minimum absolute atomic E-state index is 0.254. The van der Waals surface area contributed by atoms with Gasteiger partial charge in [0.25, 0.3) is 5.91 Å². The van der Waals surface area contributed by atoms with Crippen LogP contribution in [0.4, 0.5) is 5.69 Å². The molecule has 1 fully saturated rings. The van der Waals surface area contributed by atoms with Gasteiger partial charge in [-0.1, -0.05) is 30.0 Å². The number of benzene rings is 1. The molecule has 0 aliphatic carbocycles. The standard InChI is InChI=1S/C21H29N5OS/c1-3-25-20(22-23-21(25)28-2)17-10-6-12-24(14-17)15-19(27)26-13-7-9-16-8-4-5-11-18(16)26/h4-5,8,11,17H,3,6-7,9-10,12-15H2,1-2H3/p+1/t17-/m1/s1. The SMILES string of the molecule is CCn1c(SC)nnc1[C@@H]1CCC[NH+](CC(=O)N2CCCc3ccccc32)C1. The highest BCUT2D eigenvalue weighted by Gasteiger charge is 2.32. The summed E-state index contributed by atoms with van der Waals surface area (Å²) in [6.45, 7) is 6.49. The van der Waals surface area contributed by atoms with Gasteiger partial charge in [-0.25, -0.2) is 0 Å². The zero-order valence-electron chi connectivity index (χ0n) is 16.9. The predicted molar refractivity (Wildman–Crippen MR) is 112 cm³/mol. The molecule has 7 heteroatoms. The lowest BCUT2D eigenvalue weighted by Crippen LogP contribution is -3.14. The molecule has 0 bridgehead atoms. The fourth-order valence-corrected chi connectivity index (χ4v) is 5.25. The zero-order valence-corrected chi connectivity index (χ0v) is 17.7. The highest BCUT2D eigenvalue weighted by Crippen LogP contribution is 2.27. The topological polar surface area (TPSA) is 55.5 Å². The molecule has 3 heterocycles. The largest absolute Gasteiger partial charge is 0.327 e. The van der Waals surface area contributed by atoms with E-state index in [9.17, 15) is 4.79 Å². The Bertz CT molecular complexity index is 836. The van der Waals surface area contributed by atoms with Crippen molar-refractivity contribution >= 4 is 23.4 Å². The van der Waals surface area contributed by atoms with Gasteiger partial charge in [-0.2, -0.15) is 0 Å². The first-order valence-corrected chi connectivity index (χ1v) is 11.6. The van der Waals surface area contributed by atoms with Crippen LogP contribution in [0, 0.1) is 0 Å². The van der Waals surface area contributed by atoms with E-state index in [0.29, 0.717) is 12.5 Å². The minimum Gasteiger partial charge on any atom is -0.327 e. The molecule has 0 spiro atoms. The van der Waals surface area contributed by atoms with E-state index in [1.807, 2.05) is 17.2 Å². The number of nitrogens with zero attached hydrogens (tertiary/aromatic N) is 4. The number of amides is 1. The van der Waals surface area contributed by atoms with E-state index in [0.717, 1.165) is 68.5 Å². The number of piperidine rings is 1. The third-order valence-corrected chi connectivity index (χ3v) is 6.71. The van der Waals surface area contributed by atoms with E-state index in [1.54, 1.807) is 11.8 Å². The van der Waals surface area contributed by atoms with Crippen molar-refractivity contribution in [2.75, 3.05) is 37.3 Å². The van der Waals surface area contributed by atoms with Crippen molar-refractivity contribution in [3.05, 3.63) is 35.7 Å². The van der Waals surface area contributed by atoms with E-state index < -0.39 is 0 Å². The summed E-state index contributed by atoms with van der Waals surface area (Å²) in [6, 6.07) is 8.35. The van der Waals surface area contributed by atoms with Crippen LogP contribution in [0.1, 0.15) is 43.5 Å². The van der Waals surface area contributed by atoms with Gasteiger partial charge in [-0.3, -0.25) is 4.79 Å². The number of quaternary nitrogens is 1. The first-order chi connectivity index (χ1) is 13.7. The Balaban J connectivity index is 1.45. The number of thioether (sulfide) groups is 1. The van der Waals surface area contributed by atoms with Crippen LogP contribution >= 0.6 is 11.8 Å². The van der Waals surface area contributed by atoms with Crippen molar-refractivity contribution in [1.29, 1.82) is 0 Å². The molecule has 6 nitrogen and oxygen atoms in total. The maximum absolute atomic E-state index is 13.1. The van der Waals surface area contributed by atoms with Crippen molar-refractivity contribution in [3.8, 4) is 0 Å². The normalized spacial score (nSPS) is 22.1. The Morgan fingerprint density at radius 3 is 2.96 bits per heavy atom. The maximum atomic E-state index is 13.1. The Morgan fingerprint density at radius 1 is 1.29 bits per heavy atom. The van der Waals surface area contributed by atoms with Crippen molar-refractivity contribution < 1.29 is 9.69 Å². The lowest BCUT2D eigenvalue weighted by molar-refractivity contribution is -0.898. The van der Waals surface area contributed by atoms with Crippen LogP contribution in [0.2, 0.25) is 0 Å². The number of likely N-dealkylation sites (tertiary alicyclic amines) is 1. The molecule has 2 atom stereocenters. The van der Waals surface area contributed by atoms with Crippen LogP contribution in [-0.2, 0) is 17.8 Å². The second kappa shape index (κ2) is 8.66. The smallest absolute Gasteiger partial charge is 0.282 e. The van der Waals surface area contributed by atoms with E-state index in [4.69, 9.17) is 0 Å². The summed E-state index contributed by atoms with van der Waals surface area (Å²) < 4.78 is 2.24. The van der Waals surface area contributed by atoms with Crippen LogP contribution in [0.5, 0.6) is 0 Å². The third-order valence-electron chi connectivity index (χ3n) is 6.04. The van der Waals surface area contributed by atoms with Gasteiger partial charge in [0.05, 0.1) is 19.0 Å². The summed E-state index contributed by atoms with van der Waals surface area (Å²) in [7, 11) is 0. The second-order valence-electron chi connectivity index (χ2n) is 7.79. The van der Waals surface area contributed by atoms with Gasteiger partial charge < -0.3 is 14.4 Å². The quantitative estimate of drug-likeness (QED) is 0.777. The molecule has 1 aromatic carbocycles. The van der Waals surface area contributed by atoms with Crippen LogP contribution in [-0.4, -0.2) is 53.1 Å². The Hall–Kier alpha value is -1.86. The number of carbonyl (C=O) groups is 1. The number of aromatic nitrogens is 3. The summed E-state index contributed by atoms with van der Waals surface area (Å²) in [5.41, 5.74) is 2.41. The molecule has 2 aromatic rings. The number of para-hydroxylation sites is 1. The van der Waals surface area contributed by atoms with Crippen LogP contribution in [0.3, 0.4) is 0 Å². The Kier molecular flexibility index (Phi) is 6.01. The van der Waals surface area contributed by atoms with Crippen molar-refractivity contribution in [1.82, 2.24) is 14.8 Å². The number of carbonyl (C=O) groups excluding carboxylic acids is 1. The molecule has 2 aliphatic rings. The number of hydrogen-bond acceptors (Lipinski definition) is 4. The fourth-order valence-electron chi connectivity index (χ4n) is 4.68. The molecule has 0 radical (unpaired) electrons. The van der Waals surface area contributed by atoms with Crippen LogP contribution in [0.15, 0.2) is 29.4 Å². The number of aryl methyl sites for hydroxylation is 1. The van der Waals surface area contributed by atoms with Gasteiger partial charge in [-0.05, 0) is 50.5 Å². The molecule has 0 saturated carbocycles. The number of fused-ring (bicyclic) bond motifs is 1. The average Bonchev–Trinajstić information content (AvgIpc) is 3.16. The molecule has 28 heavy (non-hydrogen) atoms. The maximum Gasteiger partial charge on any atom is 0.282 e. The van der Waals surface area contributed by atoms with E-state index >= 15 is 0 Å². The van der Waals surface area contributed by atoms with Crippen molar-refractivity contribution in [2.24, 2.45) is 0 Å². The molecular formula is C21H30N5OS+. The minimum atomic E-state index is 0.254. The first-order valence-electron chi connectivity index (χ1n) is 10.4. The summed E-state index contributed by atoms with van der Waals surface area (Å²) in [5, 5.41) is 9.85. The van der Waals surface area contributed by atoms with Gasteiger partial charge in [0.1, 0.15) is 5.82 Å². The monoisotopic (exact) mass is 400 g/mol. The molecule has 2 aliphatic heterocycles. The first kappa shape index (κ1) is 19.5. The highest BCUT2D eigenvalue weighted by atomic mass is 32.2. The van der Waals surface area contributed by atoms with Gasteiger partial charge in [-0.15, -0.1) is 10.2 Å². The molecule has 4 rings (SSSR count). The summed E-state index contributed by atoms with van der Waals surface area (Å²) in [6.07, 6.45) is 6.44. The molecule has 1 N–H and O–H groups in total. The highest BCUT2D eigenvalue weighted by molar-refractivity contribution is 7.98. The Morgan fingerprint density at radius 2 is 2.14 bits per heavy atom. The number of hydrogen-bond donors (Lipinski definition) is 1. The van der Waals surface area contributed by atoms with Crippen molar-refractivity contribution in [3.63, 3.8) is 0 Å². The fraction of sp³-hybridized carbons (Fsp3) is 0.571. The van der Waals surface area contributed by atoms with Crippen LogP contribution in [0.25, 0.3) is 0 Å². The van der Waals surface area contributed by atoms with Gasteiger partial charge in [0.2, 0.25) is 0 Å². The molecule has 1 aromatic heterocycles. The lowest BCUT2D eigenvalue weighted by Gasteiger charge is -2.33. The number of rotatable bonds is 5. The summed E-state index contributed by atoms with van der Waals surface area (Å²) in [4.78, 5) is 16.5. The summed E-state index contributed by atoms with van der Waals surface area (Å²) >= 11 is 1.65. The Labute approximate surface area is 171 Å². The summed E-state index contributed by atoms with van der Waals surface area (Å²) in [5.74, 6) is 1.74. The van der Waals surface area contributed by atoms with Gasteiger partial charge in [0.15, 0.2) is 11.7 Å². The lowest BCUT2D eigenvalue weighted by atomic mass is 9.97. The third kappa shape index (κ3) is 3.82. The predicted octanol–water partition coefficient (Wildman–Crippen LogP) is 1.76. The van der Waals surface area contributed by atoms with Crippen molar-refractivity contribution in [2.45, 2.75) is 50.2 Å². The molecule has 1 amide bonds. The molecule has 150 valence electrons. The molecular weight excluding hydrogens is 370 g/mol. The van der Waals surface area contributed by atoms with Crippen LogP contribution < -0.4 is 9.80 Å². The van der Waals surface area contributed by atoms with Gasteiger partial charge >= 0.3 is 0 Å². The number of nitrogens with one attached hydrogen (secondary N) is 1. The molecule has 1 unspecified atom stereocenters. The van der Waals surface area contributed by atoms with Gasteiger partial charge in [0, 0.05) is 18.8 Å². The number of anilines is 1. The zero-order chi connectivity index (χ0) is 19.5. The molecule has 1 saturated heterocycles.